The van der Waals surface area contributed by atoms with Gasteiger partial charge in [-0.25, -0.2) is 4.98 Å². The molecule has 0 radical (unpaired) electrons. The van der Waals surface area contributed by atoms with Crippen molar-refractivity contribution < 1.29 is 19.1 Å². The number of rotatable bonds is 6. The van der Waals surface area contributed by atoms with E-state index in [0.717, 1.165) is 23.0 Å². The fourth-order valence-corrected chi connectivity index (χ4v) is 2.24. The van der Waals surface area contributed by atoms with Gasteiger partial charge in [-0.05, 0) is 23.8 Å². The van der Waals surface area contributed by atoms with Gasteiger partial charge < -0.3 is 14.3 Å². The molecule has 0 atom stereocenters. The minimum absolute atomic E-state index is 0.117. The Morgan fingerprint density at radius 3 is 2.79 bits per heavy atom. The van der Waals surface area contributed by atoms with Crippen molar-refractivity contribution in [1.29, 1.82) is 0 Å². The van der Waals surface area contributed by atoms with Crippen LogP contribution in [0, 0.1) is 0 Å². The number of aromatic amines is 1. The fourth-order valence-electron chi connectivity index (χ4n) is 2.24. The van der Waals surface area contributed by atoms with Gasteiger partial charge in [-0.3, -0.25) is 9.89 Å². The lowest BCUT2D eigenvalue weighted by Crippen LogP contribution is -2.00. The molecule has 7 heteroatoms. The van der Waals surface area contributed by atoms with Crippen molar-refractivity contribution in [3.8, 4) is 5.75 Å². The van der Waals surface area contributed by atoms with Crippen molar-refractivity contribution in [2.24, 2.45) is 0 Å². The highest BCUT2D eigenvalue weighted by Crippen LogP contribution is 2.20. The molecule has 0 spiro atoms. The summed E-state index contributed by atoms with van der Waals surface area (Å²) in [5, 5.41) is 16.0. The Bertz CT molecular complexity index is 848. The summed E-state index contributed by atoms with van der Waals surface area (Å²) in [4.78, 5) is 16.1. The van der Waals surface area contributed by atoms with Crippen molar-refractivity contribution in [2.45, 2.75) is 6.42 Å². The Balaban J connectivity index is 1.79. The number of aromatic nitrogens is 3. The standard InChI is InChI=1S/C17H15N3O4/c1-23-13-4-2-11(3-5-13)8-12-6-7-24-16(12)14(21)9-15(22)17-18-10-19-20-17/h2-7,9-10,22H,8H2,1H3,(H,18,19,20). The molecular formula is C17H15N3O4. The molecule has 3 rings (SSSR count). The van der Waals surface area contributed by atoms with Crippen molar-refractivity contribution in [3.05, 3.63) is 71.7 Å². The molecule has 0 saturated carbocycles. The first-order chi connectivity index (χ1) is 11.7. The number of methoxy groups -OCH3 is 1. The molecule has 0 fully saturated rings. The summed E-state index contributed by atoms with van der Waals surface area (Å²) in [6.07, 6.45) is 4.27. The van der Waals surface area contributed by atoms with E-state index >= 15 is 0 Å². The van der Waals surface area contributed by atoms with Gasteiger partial charge in [0.25, 0.3) is 0 Å². The normalized spacial score (nSPS) is 11.5. The predicted molar refractivity (Wildman–Crippen MR) is 85.8 cm³/mol. The van der Waals surface area contributed by atoms with Gasteiger partial charge in [-0.1, -0.05) is 12.1 Å². The van der Waals surface area contributed by atoms with Gasteiger partial charge in [0.2, 0.25) is 5.78 Å². The quantitative estimate of drug-likeness (QED) is 0.410. The number of aliphatic hydroxyl groups excluding tert-OH is 1. The minimum atomic E-state index is -0.447. The van der Waals surface area contributed by atoms with Gasteiger partial charge in [-0.2, -0.15) is 5.10 Å². The number of carbonyl (C=O) groups excluding carboxylic acids is 1. The van der Waals surface area contributed by atoms with Crippen molar-refractivity contribution in [1.82, 2.24) is 15.2 Å². The van der Waals surface area contributed by atoms with E-state index in [1.54, 1.807) is 13.2 Å². The molecule has 2 heterocycles. The number of ether oxygens (including phenoxy) is 1. The molecule has 0 bridgehead atoms. The van der Waals surface area contributed by atoms with Crippen LogP contribution in [0.25, 0.3) is 5.76 Å². The van der Waals surface area contributed by atoms with Crippen LogP contribution in [0.3, 0.4) is 0 Å². The Labute approximate surface area is 137 Å². The molecule has 0 aliphatic carbocycles. The van der Waals surface area contributed by atoms with E-state index in [9.17, 15) is 9.90 Å². The summed E-state index contributed by atoms with van der Waals surface area (Å²) in [6.45, 7) is 0. The summed E-state index contributed by atoms with van der Waals surface area (Å²) in [7, 11) is 1.61. The second-order valence-electron chi connectivity index (χ2n) is 5.03. The zero-order valence-corrected chi connectivity index (χ0v) is 12.9. The first kappa shape index (κ1) is 15.5. The van der Waals surface area contributed by atoms with Crippen LogP contribution < -0.4 is 4.74 Å². The molecule has 0 saturated heterocycles. The van der Waals surface area contributed by atoms with Crippen molar-refractivity contribution in [2.75, 3.05) is 7.11 Å². The third-order valence-corrected chi connectivity index (χ3v) is 3.45. The summed E-state index contributed by atoms with van der Waals surface area (Å²) < 4.78 is 10.4. The van der Waals surface area contributed by atoms with Crippen LogP contribution in [0.2, 0.25) is 0 Å². The lowest BCUT2D eigenvalue weighted by Gasteiger charge is -2.03. The molecule has 24 heavy (non-hydrogen) atoms. The van der Waals surface area contributed by atoms with Crippen molar-refractivity contribution in [3.63, 3.8) is 0 Å². The van der Waals surface area contributed by atoms with Crippen LogP contribution in [0.5, 0.6) is 5.75 Å². The molecule has 0 aliphatic rings. The van der Waals surface area contributed by atoms with E-state index in [-0.39, 0.29) is 17.3 Å². The van der Waals surface area contributed by atoms with E-state index in [1.165, 1.54) is 12.6 Å². The Hall–Kier alpha value is -3.35. The SMILES string of the molecule is COc1ccc(Cc2ccoc2C(=O)C=C(O)c2ncn[nH]2)cc1. The first-order valence-corrected chi connectivity index (χ1v) is 7.17. The van der Waals surface area contributed by atoms with Crippen LogP contribution in [0.4, 0.5) is 0 Å². The number of hydrogen-bond donors (Lipinski definition) is 2. The second-order valence-corrected chi connectivity index (χ2v) is 5.03. The third-order valence-electron chi connectivity index (χ3n) is 3.45. The number of nitrogens with zero attached hydrogens (tertiary/aromatic N) is 2. The first-order valence-electron chi connectivity index (χ1n) is 7.17. The lowest BCUT2D eigenvalue weighted by atomic mass is 10.0. The van der Waals surface area contributed by atoms with Gasteiger partial charge in [0.05, 0.1) is 13.4 Å². The minimum Gasteiger partial charge on any atom is -0.504 e. The Kier molecular flexibility index (Phi) is 4.42. The van der Waals surface area contributed by atoms with Gasteiger partial charge in [0, 0.05) is 18.1 Å². The maximum atomic E-state index is 12.3. The second kappa shape index (κ2) is 6.82. The largest absolute Gasteiger partial charge is 0.504 e. The number of furan rings is 1. The highest BCUT2D eigenvalue weighted by Gasteiger charge is 2.16. The molecule has 3 aromatic rings. The topological polar surface area (TPSA) is 101 Å². The smallest absolute Gasteiger partial charge is 0.225 e. The number of ketones is 1. The van der Waals surface area contributed by atoms with Crippen LogP contribution in [-0.2, 0) is 6.42 Å². The molecule has 122 valence electrons. The average molecular weight is 325 g/mol. The molecule has 7 nitrogen and oxygen atoms in total. The Morgan fingerprint density at radius 1 is 1.33 bits per heavy atom. The lowest BCUT2D eigenvalue weighted by molar-refractivity contribution is 0.102. The van der Waals surface area contributed by atoms with Crippen molar-refractivity contribution >= 4 is 11.5 Å². The average Bonchev–Trinajstić information content (AvgIpc) is 3.27. The van der Waals surface area contributed by atoms with Crippen LogP contribution in [0.1, 0.15) is 27.5 Å². The van der Waals surface area contributed by atoms with E-state index in [2.05, 4.69) is 15.2 Å². The molecule has 1 aromatic carbocycles. The maximum absolute atomic E-state index is 12.3. The third kappa shape index (κ3) is 3.35. The molecule has 2 aromatic heterocycles. The van der Waals surface area contributed by atoms with Gasteiger partial charge >= 0.3 is 0 Å². The van der Waals surface area contributed by atoms with Gasteiger partial charge in [0.15, 0.2) is 17.3 Å². The summed E-state index contributed by atoms with van der Waals surface area (Å²) in [6, 6.07) is 9.28. The number of hydrogen-bond acceptors (Lipinski definition) is 6. The molecule has 2 N–H and O–H groups in total. The molecule has 0 aliphatic heterocycles. The molecule has 0 unspecified atom stereocenters. The monoisotopic (exact) mass is 325 g/mol. The number of aliphatic hydroxyl groups is 1. The van der Waals surface area contributed by atoms with E-state index in [0.29, 0.717) is 6.42 Å². The number of H-pyrrole nitrogens is 1. The maximum Gasteiger partial charge on any atom is 0.225 e. The number of nitrogens with one attached hydrogen (secondary N) is 1. The molecule has 0 amide bonds. The zero-order valence-electron chi connectivity index (χ0n) is 12.9. The van der Waals surface area contributed by atoms with E-state index in [1.807, 2.05) is 24.3 Å². The summed E-state index contributed by atoms with van der Waals surface area (Å²) >= 11 is 0. The zero-order chi connectivity index (χ0) is 16.9. The Morgan fingerprint density at radius 2 is 2.12 bits per heavy atom. The van der Waals surface area contributed by atoms with E-state index < -0.39 is 5.78 Å². The molecular weight excluding hydrogens is 310 g/mol. The summed E-state index contributed by atoms with van der Waals surface area (Å²) in [5.41, 5.74) is 1.74. The van der Waals surface area contributed by atoms with Gasteiger partial charge in [-0.15, -0.1) is 0 Å². The number of carbonyl (C=O) groups is 1. The predicted octanol–water partition coefficient (Wildman–Crippen LogP) is 2.78. The summed E-state index contributed by atoms with van der Waals surface area (Å²) in [5.74, 6) is 0.312. The number of benzene rings is 1. The van der Waals surface area contributed by atoms with Crippen LogP contribution >= 0.6 is 0 Å². The highest BCUT2D eigenvalue weighted by molar-refractivity contribution is 6.06. The van der Waals surface area contributed by atoms with Crippen LogP contribution in [0.15, 0.2) is 53.4 Å². The number of allylic oxidation sites excluding steroid dienone is 1. The van der Waals surface area contributed by atoms with E-state index in [4.69, 9.17) is 9.15 Å². The fraction of sp³-hybridized carbons (Fsp3) is 0.118. The van der Waals surface area contributed by atoms with Crippen LogP contribution in [-0.4, -0.2) is 33.2 Å². The highest BCUT2D eigenvalue weighted by atomic mass is 16.5. The van der Waals surface area contributed by atoms with Gasteiger partial charge in [0.1, 0.15) is 12.1 Å².